The van der Waals surface area contributed by atoms with E-state index in [1.54, 1.807) is 4.57 Å². The van der Waals surface area contributed by atoms with Crippen LogP contribution < -0.4 is 15.8 Å². The van der Waals surface area contributed by atoms with Gasteiger partial charge < -0.3 is 9.67 Å². The Bertz CT molecular complexity index is 987. The molecule has 2 heterocycles. The van der Waals surface area contributed by atoms with Crippen LogP contribution in [0.1, 0.15) is 18.1 Å². The molecule has 23 heavy (non-hydrogen) atoms. The Balaban J connectivity index is 2.65. The maximum atomic E-state index is 12.3. The van der Waals surface area contributed by atoms with Crippen molar-refractivity contribution in [1.29, 1.82) is 0 Å². The monoisotopic (exact) mass is 315 g/mol. The third-order valence-electron chi connectivity index (χ3n) is 4.19. The second kappa shape index (κ2) is 5.58. The van der Waals surface area contributed by atoms with Crippen molar-refractivity contribution in [2.75, 3.05) is 6.61 Å². The van der Waals surface area contributed by atoms with Crippen LogP contribution in [0.5, 0.6) is 0 Å². The standard InChI is InChI=1S/C16H18N4O3/c1-4-19-11-7-9(2)10(3)8-12(11)20(5-6-21)14-13(19)15(22)18-16(23)17-14/h7-8,21H,4-6H2,1-3H3/p+1. The fraction of sp³-hybridized carbons (Fsp3) is 0.375. The van der Waals surface area contributed by atoms with E-state index in [0.29, 0.717) is 18.1 Å². The molecule has 0 aromatic heterocycles. The van der Waals surface area contributed by atoms with Crippen LogP contribution in [-0.2, 0) is 13.1 Å². The summed E-state index contributed by atoms with van der Waals surface area (Å²) in [4.78, 5) is 30.2. The molecule has 2 N–H and O–H groups in total. The number of hydrogen-bond acceptors (Lipinski definition) is 4. The predicted octanol–water partition coefficient (Wildman–Crippen LogP) is 0.106. The van der Waals surface area contributed by atoms with E-state index in [4.69, 9.17) is 0 Å². The number of rotatable bonds is 3. The first-order valence-corrected chi connectivity index (χ1v) is 7.56. The van der Waals surface area contributed by atoms with Gasteiger partial charge in [-0.15, -0.1) is 0 Å². The van der Waals surface area contributed by atoms with E-state index >= 15 is 0 Å². The van der Waals surface area contributed by atoms with Gasteiger partial charge in [0.1, 0.15) is 12.1 Å². The van der Waals surface area contributed by atoms with Gasteiger partial charge in [-0.3, -0.25) is 9.78 Å². The van der Waals surface area contributed by atoms with Crippen LogP contribution in [0, 0.1) is 13.8 Å². The SMILES string of the molecule is CC[n+]1c2c(=O)[nH]c(=O)nc-2n(CCO)c2cc(C)c(C)cc21. The van der Waals surface area contributed by atoms with E-state index in [1.807, 2.05) is 37.5 Å². The summed E-state index contributed by atoms with van der Waals surface area (Å²) in [5, 5.41) is 9.41. The number of nitrogens with zero attached hydrogens (tertiary/aromatic N) is 3. The third-order valence-corrected chi connectivity index (χ3v) is 4.19. The first kappa shape index (κ1) is 15.4. The van der Waals surface area contributed by atoms with E-state index in [-0.39, 0.29) is 13.2 Å². The maximum Gasteiger partial charge on any atom is 0.350 e. The molecule has 120 valence electrons. The van der Waals surface area contributed by atoms with Crippen molar-refractivity contribution in [3.05, 3.63) is 44.1 Å². The maximum absolute atomic E-state index is 12.3. The lowest BCUT2D eigenvalue weighted by atomic mass is 10.1. The lowest BCUT2D eigenvalue weighted by Gasteiger charge is -2.16. The van der Waals surface area contributed by atoms with Gasteiger partial charge in [-0.25, -0.2) is 4.79 Å². The van der Waals surface area contributed by atoms with Crippen molar-refractivity contribution in [2.45, 2.75) is 33.9 Å². The van der Waals surface area contributed by atoms with Crippen LogP contribution in [0.25, 0.3) is 22.6 Å². The lowest BCUT2D eigenvalue weighted by molar-refractivity contribution is -0.658. The van der Waals surface area contributed by atoms with Crippen LogP contribution >= 0.6 is 0 Å². The van der Waals surface area contributed by atoms with Crippen molar-refractivity contribution >= 4 is 11.0 Å². The molecule has 0 amide bonds. The summed E-state index contributed by atoms with van der Waals surface area (Å²) in [5.74, 6) is 0.297. The summed E-state index contributed by atoms with van der Waals surface area (Å²) >= 11 is 0. The van der Waals surface area contributed by atoms with Crippen LogP contribution in [-0.4, -0.2) is 26.2 Å². The Kier molecular flexibility index (Phi) is 3.73. The molecule has 0 saturated heterocycles. The lowest BCUT2D eigenvalue weighted by Crippen LogP contribution is -2.46. The highest BCUT2D eigenvalue weighted by Crippen LogP contribution is 2.22. The Morgan fingerprint density at radius 2 is 1.96 bits per heavy atom. The molecule has 0 spiro atoms. The van der Waals surface area contributed by atoms with Crippen molar-refractivity contribution < 1.29 is 9.67 Å². The Morgan fingerprint density at radius 3 is 2.61 bits per heavy atom. The van der Waals surface area contributed by atoms with E-state index in [0.717, 1.165) is 22.2 Å². The fourth-order valence-electron chi connectivity index (χ4n) is 2.97. The number of aromatic nitrogens is 4. The summed E-state index contributed by atoms with van der Waals surface area (Å²) in [6, 6.07) is 4.02. The van der Waals surface area contributed by atoms with Gasteiger partial charge in [0.25, 0.3) is 0 Å². The minimum absolute atomic E-state index is 0.111. The van der Waals surface area contributed by atoms with Crippen molar-refractivity contribution in [1.82, 2.24) is 14.5 Å². The highest BCUT2D eigenvalue weighted by atomic mass is 16.3. The van der Waals surface area contributed by atoms with Gasteiger partial charge in [-0.1, -0.05) is 0 Å². The summed E-state index contributed by atoms with van der Waals surface area (Å²) in [5.41, 5.74) is 3.12. The van der Waals surface area contributed by atoms with E-state index in [9.17, 15) is 14.7 Å². The summed E-state index contributed by atoms with van der Waals surface area (Å²) in [6.07, 6.45) is 0. The van der Waals surface area contributed by atoms with Crippen LogP contribution in [0.2, 0.25) is 0 Å². The molecule has 1 aromatic carbocycles. The zero-order valence-electron chi connectivity index (χ0n) is 13.4. The van der Waals surface area contributed by atoms with Crippen molar-refractivity contribution in [3.8, 4) is 11.5 Å². The summed E-state index contributed by atoms with van der Waals surface area (Å²) in [7, 11) is 0. The average Bonchev–Trinajstić information content (AvgIpc) is 2.50. The molecule has 0 unspecified atom stereocenters. The minimum atomic E-state index is -0.681. The zero-order chi connectivity index (χ0) is 16.7. The number of benzene rings is 1. The molecule has 3 rings (SSSR count). The van der Waals surface area contributed by atoms with Gasteiger partial charge in [0.15, 0.2) is 0 Å². The number of aryl methyl sites for hydroxylation is 3. The minimum Gasteiger partial charge on any atom is -0.395 e. The van der Waals surface area contributed by atoms with Gasteiger partial charge >= 0.3 is 16.9 Å². The average molecular weight is 315 g/mol. The van der Waals surface area contributed by atoms with Gasteiger partial charge in [-0.2, -0.15) is 9.55 Å². The summed E-state index contributed by atoms with van der Waals surface area (Å²) in [6.45, 7) is 6.67. The van der Waals surface area contributed by atoms with Crippen LogP contribution in [0.15, 0.2) is 21.7 Å². The summed E-state index contributed by atoms with van der Waals surface area (Å²) < 4.78 is 3.59. The Hall–Kier alpha value is -2.54. The van der Waals surface area contributed by atoms with Gasteiger partial charge in [0.2, 0.25) is 11.3 Å². The molecule has 0 aliphatic carbocycles. The quantitative estimate of drug-likeness (QED) is 0.530. The number of hydrogen-bond donors (Lipinski definition) is 2. The molecule has 0 bridgehead atoms. The van der Waals surface area contributed by atoms with Gasteiger partial charge in [0, 0.05) is 12.6 Å². The van der Waals surface area contributed by atoms with Crippen LogP contribution in [0.4, 0.5) is 0 Å². The Labute approximate surface area is 132 Å². The third kappa shape index (κ3) is 2.33. The molecule has 2 aliphatic heterocycles. The van der Waals surface area contributed by atoms with E-state index < -0.39 is 11.2 Å². The molecule has 0 fully saturated rings. The van der Waals surface area contributed by atoms with Crippen LogP contribution in [0.3, 0.4) is 0 Å². The number of aromatic amines is 1. The molecule has 7 heteroatoms. The highest BCUT2D eigenvalue weighted by Gasteiger charge is 2.29. The van der Waals surface area contributed by atoms with Gasteiger partial charge in [-0.05, 0) is 38.0 Å². The molecular formula is C16H19N4O3+. The van der Waals surface area contributed by atoms with Crippen molar-refractivity contribution in [3.63, 3.8) is 0 Å². The predicted molar refractivity (Wildman–Crippen MR) is 85.7 cm³/mol. The number of nitrogens with one attached hydrogen (secondary N) is 1. The first-order chi connectivity index (χ1) is 11.0. The van der Waals surface area contributed by atoms with Crippen molar-refractivity contribution in [2.24, 2.45) is 0 Å². The second-order valence-electron chi connectivity index (χ2n) is 5.59. The molecule has 0 saturated carbocycles. The largest absolute Gasteiger partial charge is 0.395 e. The molecule has 1 aromatic rings. The smallest absolute Gasteiger partial charge is 0.350 e. The van der Waals surface area contributed by atoms with E-state index in [2.05, 4.69) is 9.97 Å². The highest BCUT2D eigenvalue weighted by molar-refractivity contribution is 5.77. The normalized spacial score (nSPS) is 11.5. The number of aliphatic hydroxyl groups excluding tert-OH is 1. The fourth-order valence-corrected chi connectivity index (χ4v) is 2.97. The molecular weight excluding hydrogens is 296 g/mol. The molecule has 7 nitrogen and oxygen atoms in total. The zero-order valence-corrected chi connectivity index (χ0v) is 13.4. The number of H-pyrrole nitrogens is 1. The van der Waals surface area contributed by atoms with Gasteiger partial charge in [0.05, 0.1) is 6.61 Å². The topological polar surface area (TPSA) is 91.9 Å². The number of aliphatic hydroxyl groups is 1. The van der Waals surface area contributed by atoms with E-state index in [1.165, 1.54) is 0 Å². The molecule has 0 atom stereocenters. The molecule has 0 radical (unpaired) electrons. The molecule has 2 aliphatic rings. The number of fused-ring (bicyclic) bond motifs is 2. The Morgan fingerprint density at radius 1 is 1.26 bits per heavy atom. The first-order valence-electron chi connectivity index (χ1n) is 7.56. The second-order valence-corrected chi connectivity index (χ2v) is 5.59.